The lowest BCUT2D eigenvalue weighted by Crippen LogP contribution is -2.23. The molecule has 0 atom stereocenters. The molecule has 0 bridgehead atoms. The van der Waals surface area contributed by atoms with Crippen molar-refractivity contribution in [2.24, 2.45) is 0 Å². The highest BCUT2D eigenvalue weighted by atomic mass is 32.2. The number of anilines is 1. The number of thiophene rings is 1. The van der Waals surface area contributed by atoms with Crippen LogP contribution >= 0.6 is 23.1 Å². The minimum absolute atomic E-state index is 0.0866. The number of nitrogens with zero attached hydrogens (tertiary/aromatic N) is 4. The SMILES string of the molecule is COc1cc(NC(=O)CSc2nnc3n(Cc4ccco4)c(=O)c4sccc4n23)cc(OC)c1. The molecule has 0 fully saturated rings. The van der Waals surface area contributed by atoms with E-state index in [0.717, 1.165) is 0 Å². The molecular formula is C22H19N5O5S2. The normalized spacial score (nSPS) is 11.2. The van der Waals surface area contributed by atoms with Crippen molar-refractivity contribution in [2.75, 3.05) is 25.3 Å². The summed E-state index contributed by atoms with van der Waals surface area (Å²) in [6.07, 6.45) is 1.56. The number of nitrogens with one attached hydrogen (secondary N) is 1. The van der Waals surface area contributed by atoms with E-state index in [2.05, 4.69) is 15.5 Å². The largest absolute Gasteiger partial charge is 0.497 e. The van der Waals surface area contributed by atoms with Crippen LogP contribution in [0.25, 0.3) is 16.0 Å². The Morgan fingerprint density at radius 2 is 1.97 bits per heavy atom. The molecular weight excluding hydrogens is 478 g/mol. The Balaban J connectivity index is 1.42. The van der Waals surface area contributed by atoms with Gasteiger partial charge in [-0.05, 0) is 23.6 Å². The number of methoxy groups -OCH3 is 2. The van der Waals surface area contributed by atoms with Crippen molar-refractivity contribution in [2.45, 2.75) is 11.7 Å². The first-order chi connectivity index (χ1) is 16.6. The van der Waals surface area contributed by atoms with Crippen molar-refractivity contribution in [1.82, 2.24) is 19.2 Å². The highest BCUT2D eigenvalue weighted by Crippen LogP contribution is 2.27. The fraction of sp³-hybridized carbons (Fsp3) is 0.182. The number of aromatic nitrogens is 4. The molecule has 1 aromatic carbocycles. The van der Waals surface area contributed by atoms with Crippen molar-refractivity contribution < 1.29 is 18.7 Å². The maximum absolute atomic E-state index is 13.1. The molecule has 0 unspecified atom stereocenters. The van der Waals surface area contributed by atoms with E-state index < -0.39 is 0 Å². The molecule has 5 aromatic rings. The number of amides is 1. The standard InChI is InChI=1S/C22H19N5O5S2/c1-30-15-8-13(9-16(10-15)31-2)23-18(28)12-34-22-25-24-21-26(11-14-4-3-6-32-14)20(29)19-17(27(21)22)5-7-33-19/h3-10H,11-12H2,1-2H3,(H,23,28). The molecule has 1 N–H and O–H groups in total. The number of thioether (sulfide) groups is 1. The van der Waals surface area contributed by atoms with Gasteiger partial charge in [0.05, 0.1) is 38.3 Å². The Morgan fingerprint density at radius 3 is 2.68 bits per heavy atom. The van der Waals surface area contributed by atoms with Crippen LogP contribution < -0.4 is 20.3 Å². The average molecular weight is 498 g/mol. The van der Waals surface area contributed by atoms with Gasteiger partial charge in [-0.25, -0.2) is 0 Å². The predicted octanol–water partition coefficient (Wildman–Crippen LogP) is 3.50. The summed E-state index contributed by atoms with van der Waals surface area (Å²) in [4.78, 5) is 25.7. The Labute approximate surface area is 201 Å². The zero-order valence-electron chi connectivity index (χ0n) is 18.2. The van der Waals surface area contributed by atoms with Crippen LogP contribution in [0, 0.1) is 0 Å². The second-order valence-electron chi connectivity index (χ2n) is 7.16. The van der Waals surface area contributed by atoms with E-state index in [4.69, 9.17) is 13.9 Å². The minimum Gasteiger partial charge on any atom is -0.497 e. The molecule has 0 aliphatic heterocycles. The molecule has 1 amide bonds. The number of ether oxygens (including phenoxy) is 2. The summed E-state index contributed by atoms with van der Waals surface area (Å²) < 4.78 is 19.8. The lowest BCUT2D eigenvalue weighted by molar-refractivity contribution is -0.113. The number of hydrogen-bond acceptors (Lipinski definition) is 9. The van der Waals surface area contributed by atoms with E-state index in [9.17, 15) is 9.59 Å². The monoisotopic (exact) mass is 497 g/mol. The van der Waals surface area contributed by atoms with Crippen molar-refractivity contribution in [1.29, 1.82) is 0 Å². The Kier molecular flexibility index (Phi) is 5.99. The quantitative estimate of drug-likeness (QED) is 0.324. The van der Waals surface area contributed by atoms with Crippen LogP contribution in [0.4, 0.5) is 5.69 Å². The van der Waals surface area contributed by atoms with E-state index in [1.54, 1.807) is 55.2 Å². The number of carbonyl (C=O) groups is 1. The summed E-state index contributed by atoms with van der Waals surface area (Å²) >= 11 is 2.57. The number of carbonyl (C=O) groups excluding carboxylic acids is 1. The molecule has 0 aliphatic rings. The fourth-order valence-electron chi connectivity index (χ4n) is 3.50. The number of benzene rings is 1. The minimum atomic E-state index is -0.234. The van der Waals surface area contributed by atoms with E-state index in [-0.39, 0.29) is 23.8 Å². The Morgan fingerprint density at radius 1 is 1.18 bits per heavy atom. The second kappa shape index (κ2) is 9.23. The van der Waals surface area contributed by atoms with Crippen LogP contribution in [0.1, 0.15) is 5.76 Å². The van der Waals surface area contributed by atoms with E-state index >= 15 is 0 Å². The fourth-order valence-corrected chi connectivity index (χ4v) is 5.07. The third-order valence-electron chi connectivity index (χ3n) is 5.04. The predicted molar refractivity (Wildman–Crippen MR) is 129 cm³/mol. The van der Waals surface area contributed by atoms with Gasteiger partial charge in [-0.3, -0.25) is 18.6 Å². The highest BCUT2D eigenvalue weighted by Gasteiger charge is 2.19. The molecule has 0 spiro atoms. The van der Waals surface area contributed by atoms with Crippen LogP contribution in [-0.4, -0.2) is 45.0 Å². The zero-order valence-corrected chi connectivity index (χ0v) is 19.8. The van der Waals surface area contributed by atoms with Crippen molar-refractivity contribution in [3.63, 3.8) is 0 Å². The number of fused-ring (bicyclic) bond motifs is 3. The number of rotatable bonds is 8. The van der Waals surface area contributed by atoms with Gasteiger partial charge in [-0.2, -0.15) is 0 Å². The maximum Gasteiger partial charge on any atom is 0.273 e. The number of hydrogen-bond donors (Lipinski definition) is 1. The van der Waals surface area contributed by atoms with Crippen LogP contribution in [-0.2, 0) is 11.3 Å². The summed E-state index contributed by atoms with van der Waals surface area (Å²) in [5, 5.41) is 13.7. The molecule has 0 saturated heterocycles. The Bertz CT molecular complexity index is 1510. The third kappa shape index (κ3) is 4.13. The molecule has 5 rings (SSSR count). The van der Waals surface area contributed by atoms with Crippen LogP contribution in [0.15, 0.2) is 62.4 Å². The summed E-state index contributed by atoms with van der Waals surface area (Å²) in [6, 6.07) is 10.6. The van der Waals surface area contributed by atoms with Gasteiger partial charge in [0.15, 0.2) is 5.16 Å². The molecule has 4 aromatic heterocycles. The van der Waals surface area contributed by atoms with Crippen molar-refractivity contribution in [3.05, 3.63) is 64.2 Å². The second-order valence-corrected chi connectivity index (χ2v) is 9.02. The third-order valence-corrected chi connectivity index (χ3v) is 6.86. The molecule has 4 heterocycles. The van der Waals surface area contributed by atoms with Crippen molar-refractivity contribution >= 4 is 50.7 Å². The maximum atomic E-state index is 13.1. The lowest BCUT2D eigenvalue weighted by Gasteiger charge is -2.10. The highest BCUT2D eigenvalue weighted by molar-refractivity contribution is 7.99. The molecule has 34 heavy (non-hydrogen) atoms. The zero-order chi connectivity index (χ0) is 23.7. The summed E-state index contributed by atoms with van der Waals surface area (Å²) in [6.45, 7) is 0.226. The van der Waals surface area contributed by atoms with Gasteiger partial charge in [0.2, 0.25) is 11.7 Å². The van der Waals surface area contributed by atoms with Crippen LogP contribution in [0.5, 0.6) is 11.5 Å². The van der Waals surface area contributed by atoms with Gasteiger partial charge in [-0.1, -0.05) is 11.8 Å². The first-order valence-electron chi connectivity index (χ1n) is 10.1. The van der Waals surface area contributed by atoms with E-state index in [1.165, 1.54) is 27.7 Å². The molecule has 10 nitrogen and oxygen atoms in total. The topological polar surface area (TPSA) is 113 Å². The van der Waals surface area contributed by atoms with E-state index in [1.807, 2.05) is 11.4 Å². The first-order valence-corrected chi connectivity index (χ1v) is 12.0. The molecule has 0 saturated carbocycles. The molecule has 0 radical (unpaired) electrons. The summed E-state index contributed by atoms with van der Waals surface area (Å²) in [5.74, 6) is 2.00. The first kappa shape index (κ1) is 22.0. The average Bonchev–Trinajstić information content (AvgIpc) is 3.60. The van der Waals surface area contributed by atoms with Gasteiger partial charge >= 0.3 is 0 Å². The number of furan rings is 1. The molecule has 12 heteroatoms. The summed E-state index contributed by atoms with van der Waals surface area (Å²) in [5.41, 5.74) is 1.09. The van der Waals surface area contributed by atoms with Gasteiger partial charge in [0, 0.05) is 23.9 Å². The lowest BCUT2D eigenvalue weighted by atomic mass is 10.2. The Hall–Kier alpha value is -3.77. The van der Waals surface area contributed by atoms with Crippen LogP contribution in [0.2, 0.25) is 0 Å². The molecule has 0 aliphatic carbocycles. The smallest absolute Gasteiger partial charge is 0.273 e. The van der Waals surface area contributed by atoms with Gasteiger partial charge in [-0.15, -0.1) is 21.5 Å². The van der Waals surface area contributed by atoms with Crippen LogP contribution in [0.3, 0.4) is 0 Å². The van der Waals surface area contributed by atoms with Gasteiger partial charge in [0.1, 0.15) is 22.0 Å². The van der Waals surface area contributed by atoms with E-state index in [0.29, 0.717) is 44.1 Å². The van der Waals surface area contributed by atoms with Gasteiger partial charge < -0.3 is 19.2 Å². The molecule has 174 valence electrons. The van der Waals surface area contributed by atoms with Gasteiger partial charge in [0.25, 0.3) is 5.56 Å². The summed E-state index contributed by atoms with van der Waals surface area (Å²) in [7, 11) is 3.09. The van der Waals surface area contributed by atoms with Crippen molar-refractivity contribution in [3.8, 4) is 11.5 Å².